The van der Waals surface area contributed by atoms with Gasteiger partial charge in [0.1, 0.15) is 11.4 Å². The van der Waals surface area contributed by atoms with Crippen LogP contribution in [0.5, 0.6) is 11.5 Å². The van der Waals surface area contributed by atoms with Crippen LogP contribution in [0.1, 0.15) is 25.5 Å². The average Bonchev–Trinajstić information content (AvgIpc) is 2.55. The first-order valence-corrected chi connectivity index (χ1v) is 7.38. The lowest BCUT2D eigenvalue weighted by Crippen LogP contribution is -1.99. The molecule has 0 amide bonds. The largest absolute Gasteiger partial charge is 0.505 e. The van der Waals surface area contributed by atoms with Crippen LogP contribution >= 0.6 is 0 Å². The lowest BCUT2D eigenvalue weighted by atomic mass is 9.98. The maximum absolute atomic E-state index is 10.8. The van der Waals surface area contributed by atoms with Gasteiger partial charge >= 0.3 is 0 Å². The minimum Gasteiger partial charge on any atom is -0.505 e. The molecule has 22 heavy (non-hydrogen) atoms. The van der Waals surface area contributed by atoms with Crippen molar-refractivity contribution >= 4 is 10.8 Å². The number of methoxy groups -OCH3 is 1. The van der Waals surface area contributed by atoms with Gasteiger partial charge in [0, 0.05) is 10.9 Å². The molecule has 2 aromatic carbocycles. The average molecular weight is 293 g/mol. The van der Waals surface area contributed by atoms with E-state index in [9.17, 15) is 5.11 Å². The molecule has 0 aliphatic heterocycles. The van der Waals surface area contributed by atoms with Gasteiger partial charge in [0.25, 0.3) is 0 Å². The molecule has 0 fully saturated rings. The smallest absolute Gasteiger partial charge is 0.153 e. The van der Waals surface area contributed by atoms with E-state index in [1.165, 1.54) is 0 Å². The number of fused-ring (bicyclic) bond motifs is 1. The van der Waals surface area contributed by atoms with Crippen molar-refractivity contribution in [3.8, 4) is 22.8 Å². The van der Waals surface area contributed by atoms with Gasteiger partial charge in [-0.3, -0.25) is 0 Å². The highest BCUT2D eigenvalue weighted by molar-refractivity contribution is 5.99. The van der Waals surface area contributed by atoms with Crippen LogP contribution in [0.4, 0.5) is 0 Å². The Morgan fingerprint density at radius 3 is 2.36 bits per heavy atom. The van der Waals surface area contributed by atoms with Gasteiger partial charge in [-0.05, 0) is 12.0 Å². The van der Waals surface area contributed by atoms with Crippen LogP contribution in [0.2, 0.25) is 0 Å². The first kappa shape index (κ1) is 14.4. The van der Waals surface area contributed by atoms with Gasteiger partial charge in [-0.25, -0.2) is 4.98 Å². The van der Waals surface area contributed by atoms with Gasteiger partial charge in [-0.1, -0.05) is 56.3 Å². The second kappa shape index (κ2) is 5.68. The highest BCUT2D eigenvalue weighted by atomic mass is 16.5. The lowest BCUT2D eigenvalue weighted by Gasteiger charge is -2.16. The second-order valence-corrected chi connectivity index (χ2v) is 5.60. The predicted molar refractivity (Wildman–Crippen MR) is 89.5 cm³/mol. The van der Waals surface area contributed by atoms with Gasteiger partial charge in [-0.2, -0.15) is 0 Å². The predicted octanol–water partition coefficient (Wildman–Crippen LogP) is 4.74. The Morgan fingerprint density at radius 2 is 1.73 bits per heavy atom. The van der Waals surface area contributed by atoms with Crippen molar-refractivity contribution < 1.29 is 9.84 Å². The molecule has 0 unspecified atom stereocenters. The van der Waals surface area contributed by atoms with E-state index in [0.29, 0.717) is 11.4 Å². The number of hydrogen-bond acceptors (Lipinski definition) is 3. The van der Waals surface area contributed by atoms with Crippen LogP contribution in [-0.4, -0.2) is 17.2 Å². The van der Waals surface area contributed by atoms with Gasteiger partial charge < -0.3 is 9.84 Å². The third kappa shape index (κ3) is 2.29. The Balaban J connectivity index is 2.42. The number of benzene rings is 2. The summed E-state index contributed by atoms with van der Waals surface area (Å²) < 4.78 is 5.45. The molecule has 0 saturated carbocycles. The third-order valence-corrected chi connectivity index (χ3v) is 3.81. The summed E-state index contributed by atoms with van der Waals surface area (Å²) in [7, 11) is 1.62. The Kier molecular flexibility index (Phi) is 3.72. The SMILES string of the molecule is COc1cccc2c(C(C)C)nc(-c3ccccc3)c(O)c12. The molecule has 3 aromatic rings. The van der Waals surface area contributed by atoms with E-state index in [-0.39, 0.29) is 11.7 Å². The molecule has 1 N–H and O–H groups in total. The molecule has 0 spiro atoms. The fourth-order valence-electron chi connectivity index (χ4n) is 2.75. The quantitative estimate of drug-likeness (QED) is 0.758. The number of pyridine rings is 1. The Labute approximate surface area is 130 Å². The van der Waals surface area contributed by atoms with Crippen LogP contribution in [0.25, 0.3) is 22.0 Å². The molecule has 0 radical (unpaired) electrons. The second-order valence-electron chi connectivity index (χ2n) is 5.60. The molecule has 0 atom stereocenters. The van der Waals surface area contributed by atoms with Crippen LogP contribution in [0.3, 0.4) is 0 Å². The van der Waals surface area contributed by atoms with Crippen LogP contribution in [-0.2, 0) is 0 Å². The number of aromatic nitrogens is 1. The number of rotatable bonds is 3. The van der Waals surface area contributed by atoms with E-state index in [4.69, 9.17) is 9.72 Å². The van der Waals surface area contributed by atoms with E-state index in [1.54, 1.807) is 7.11 Å². The summed E-state index contributed by atoms with van der Waals surface area (Å²) in [6.07, 6.45) is 0. The van der Waals surface area contributed by atoms with Crippen LogP contribution in [0, 0.1) is 0 Å². The summed E-state index contributed by atoms with van der Waals surface area (Å²) >= 11 is 0. The fourth-order valence-corrected chi connectivity index (χ4v) is 2.75. The van der Waals surface area contributed by atoms with E-state index >= 15 is 0 Å². The molecule has 0 aliphatic rings. The summed E-state index contributed by atoms with van der Waals surface area (Å²) in [6.45, 7) is 4.21. The monoisotopic (exact) mass is 293 g/mol. The van der Waals surface area contributed by atoms with Crippen molar-refractivity contribution in [2.24, 2.45) is 0 Å². The van der Waals surface area contributed by atoms with Gasteiger partial charge in [0.05, 0.1) is 18.2 Å². The van der Waals surface area contributed by atoms with E-state index < -0.39 is 0 Å². The van der Waals surface area contributed by atoms with Gasteiger partial charge in [0.15, 0.2) is 5.75 Å². The standard InChI is InChI=1S/C19H19NO2/c1-12(2)17-14-10-7-11-15(22-3)16(14)19(21)18(20-17)13-8-5-4-6-9-13/h4-12,21H,1-3H3. The zero-order valence-corrected chi connectivity index (χ0v) is 13.0. The highest BCUT2D eigenvalue weighted by Crippen LogP contribution is 2.41. The lowest BCUT2D eigenvalue weighted by molar-refractivity contribution is 0.416. The summed E-state index contributed by atoms with van der Waals surface area (Å²) in [5.74, 6) is 1.08. The molecular weight excluding hydrogens is 274 g/mol. The van der Waals surface area contributed by atoms with E-state index in [0.717, 1.165) is 22.0 Å². The Hall–Kier alpha value is -2.55. The zero-order valence-electron chi connectivity index (χ0n) is 13.0. The van der Waals surface area contributed by atoms with Crippen molar-refractivity contribution in [3.63, 3.8) is 0 Å². The van der Waals surface area contributed by atoms with Crippen LogP contribution in [0.15, 0.2) is 48.5 Å². The summed E-state index contributed by atoms with van der Waals surface area (Å²) in [5, 5.41) is 12.4. The molecule has 0 saturated heterocycles. The number of aromatic hydroxyl groups is 1. The number of ether oxygens (including phenoxy) is 1. The molecule has 1 aromatic heterocycles. The van der Waals surface area contributed by atoms with Gasteiger partial charge in [-0.15, -0.1) is 0 Å². The molecule has 3 nitrogen and oxygen atoms in total. The van der Waals surface area contributed by atoms with Crippen molar-refractivity contribution in [1.82, 2.24) is 4.98 Å². The topological polar surface area (TPSA) is 42.4 Å². The molecule has 0 aliphatic carbocycles. The molecule has 112 valence electrons. The minimum atomic E-state index is 0.169. The first-order valence-electron chi connectivity index (χ1n) is 7.38. The summed E-state index contributed by atoms with van der Waals surface area (Å²) in [4.78, 5) is 4.74. The van der Waals surface area contributed by atoms with Crippen molar-refractivity contribution in [2.45, 2.75) is 19.8 Å². The Bertz CT molecular complexity index is 811. The maximum atomic E-state index is 10.8. The zero-order chi connectivity index (χ0) is 15.7. The number of hydrogen-bond donors (Lipinski definition) is 1. The molecule has 3 heteroatoms. The summed E-state index contributed by atoms with van der Waals surface area (Å²) in [5.41, 5.74) is 2.46. The highest BCUT2D eigenvalue weighted by Gasteiger charge is 2.19. The van der Waals surface area contributed by atoms with E-state index in [2.05, 4.69) is 13.8 Å². The summed E-state index contributed by atoms with van der Waals surface area (Å²) in [6, 6.07) is 15.5. The molecule has 1 heterocycles. The number of nitrogens with zero attached hydrogens (tertiary/aromatic N) is 1. The van der Waals surface area contributed by atoms with Crippen molar-refractivity contribution in [2.75, 3.05) is 7.11 Å². The molecule has 3 rings (SSSR count). The molecular formula is C19H19NO2. The fraction of sp³-hybridized carbons (Fsp3) is 0.211. The normalized spacial score (nSPS) is 11.1. The van der Waals surface area contributed by atoms with Crippen molar-refractivity contribution in [1.29, 1.82) is 0 Å². The van der Waals surface area contributed by atoms with Crippen molar-refractivity contribution in [3.05, 3.63) is 54.2 Å². The molecule has 0 bridgehead atoms. The first-order chi connectivity index (χ1) is 10.6. The van der Waals surface area contributed by atoms with E-state index in [1.807, 2.05) is 48.5 Å². The van der Waals surface area contributed by atoms with Crippen LogP contribution < -0.4 is 4.74 Å². The van der Waals surface area contributed by atoms with Gasteiger partial charge in [0.2, 0.25) is 0 Å². The third-order valence-electron chi connectivity index (χ3n) is 3.81. The maximum Gasteiger partial charge on any atom is 0.153 e. The minimum absolute atomic E-state index is 0.169. The Morgan fingerprint density at radius 1 is 1.00 bits per heavy atom.